The van der Waals surface area contributed by atoms with Gasteiger partial charge in [0.05, 0.1) is 11.7 Å². The Kier molecular flexibility index (Phi) is 3.33. The van der Waals surface area contributed by atoms with Gasteiger partial charge in [-0.3, -0.25) is 4.90 Å². The first kappa shape index (κ1) is 15.2. The van der Waals surface area contributed by atoms with Gasteiger partial charge in [-0.05, 0) is 37.0 Å². The lowest BCUT2D eigenvalue weighted by Crippen LogP contribution is -2.64. The Morgan fingerprint density at radius 1 is 1.20 bits per heavy atom. The minimum Gasteiger partial charge on any atom is -0.508 e. The molecule has 0 radical (unpaired) electrons. The fourth-order valence-corrected chi connectivity index (χ4v) is 5.10. The maximum absolute atomic E-state index is 12.7. The van der Waals surface area contributed by atoms with Crippen molar-refractivity contribution in [1.82, 2.24) is 9.88 Å². The van der Waals surface area contributed by atoms with Crippen LogP contribution in [0.2, 0.25) is 0 Å². The number of carbonyl (C=O) groups excluding carboxylic acids is 1. The van der Waals surface area contributed by atoms with E-state index in [1.807, 2.05) is 0 Å². The molecule has 4 aliphatic heterocycles. The normalized spacial score (nSPS) is 36.5. The van der Waals surface area contributed by atoms with Crippen molar-refractivity contribution < 1.29 is 19.7 Å². The number of phenols is 1. The summed E-state index contributed by atoms with van der Waals surface area (Å²) >= 11 is 0. The zero-order valence-electron chi connectivity index (χ0n) is 13.9. The van der Waals surface area contributed by atoms with Crippen LogP contribution in [0.4, 0.5) is 0 Å². The molecule has 132 valence electrons. The van der Waals surface area contributed by atoms with Crippen LogP contribution < -0.4 is 0 Å². The Bertz CT molecular complexity index is 816. The first-order valence-electron chi connectivity index (χ1n) is 9.03. The van der Waals surface area contributed by atoms with Crippen LogP contribution in [0.5, 0.6) is 5.75 Å². The van der Waals surface area contributed by atoms with Gasteiger partial charge in [0.25, 0.3) is 0 Å². The minimum absolute atomic E-state index is 0.0720. The summed E-state index contributed by atoms with van der Waals surface area (Å²) in [6.45, 7) is 0.766. The van der Waals surface area contributed by atoms with E-state index in [-0.39, 0.29) is 23.9 Å². The number of benzene rings is 1. The maximum atomic E-state index is 12.7. The van der Waals surface area contributed by atoms with E-state index >= 15 is 0 Å². The fourth-order valence-electron chi connectivity index (χ4n) is 5.10. The molecule has 6 heteroatoms. The number of aromatic amines is 1. The number of nitrogens with zero attached hydrogens (tertiary/aromatic N) is 1. The summed E-state index contributed by atoms with van der Waals surface area (Å²) in [6, 6.07) is 5.77. The molecule has 6 atom stereocenters. The smallest absolute Gasteiger partial charge is 0.340 e. The number of phenolic OH excluding ortho intramolecular Hbond substituents is 1. The lowest BCUT2D eigenvalue weighted by Gasteiger charge is -2.56. The number of aliphatic hydroxyl groups excluding tert-OH is 1. The first-order chi connectivity index (χ1) is 12.1. The predicted molar refractivity (Wildman–Crippen MR) is 91.4 cm³/mol. The van der Waals surface area contributed by atoms with Crippen LogP contribution in [0.15, 0.2) is 24.4 Å². The quantitative estimate of drug-likeness (QED) is 0.727. The van der Waals surface area contributed by atoms with E-state index in [2.05, 4.69) is 9.88 Å². The zero-order chi connectivity index (χ0) is 17.1. The van der Waals surface area contributed by atoms with Gasteiger partial charge in [-0.25, -0.2) is 4.79 Å². The molecule has 1 aromatic carbocycles. The minimum atomic E-state index is -0.331. The number of ether oxygens (including phenoxy) is 1. The lowest BCUT2D eigenvalue weighted by molar-refractivity contribution is -0.130. The van der Waals surface area contributed by atoms with E-state index in [0.29, 0.717) is 29.0 Å². The van der Waals surface area contributed by atoms with Crippen molar-refractivity contribution in [3.8, 4) is 5.75 Å². The third-order valence-electron chi connectivity index (χ3n) is 6.26. The largest absolute Gasteiger partial charge is 0.508 e. The average Bonchev–Trinajstić information content (AvgIpc) is 2.98. The van der Waals surface area contributed by atoms with Gasteiger partial charge >= 0.3 is 5.97 Å². The number of nitrogens with one attached hydrogen (secondary N) is 1. The van der Waals surface area contributed by atoms with Crippen molar-refractivity contribution in [2.24, 2.45) is 5.92 Å². The summed E-state index contributed by atoms with van der Waals surface area (Å²) in [6.07, 6.45) is 5.10. The molecule has 4 aliphatic rings. The number of hydrogen-bond acceptors (Lipinski definition) is 5. The SMILES string of the molecule is O=C(OC1C[C@@H]2CC3C[C@H](C1)N2CC3O)c1c[nH]c2ccc(O)cc12. The number of aliphatic hydroxyl groups is 1. The van der Waals surface area contributed by atoms with Crippen LogP contribution in [-0.4, -0.2) is 56.9 Å². The highest BCUT2D eigenvalue weighted by molar-refractivity contribution is 6.04. The van der Waals surface area contributed by atoms with Gasteiger partial charge in [-0.1, -0.05) is 0 Å². The molecule has 6 rings (SSSR count). The standard InChI is InChI=1S/C19H22N2O4/c22-13-1-2-17-15(7-13)16(8-20-17)19(24)25-14-5-11-3-10-4-12(6-14)21(11)9-18(10)23/h1-2,7-8,10-12,14,18,20,22-23H,3-6,9H2/t10?,11-,12+,14?,18?. The summed E-state index contributed by atoms with van der Waals surface area (Å²) in [7, 11) is 0. The lowest BCUT2D eigenvalue weighted by atomic mass is 9.71. The Labute approximate surface area is 145 Å². The topological polar surface area (TPSA) is 85.8 Å². The van der Waals surface area contributed by atoms with Crippen molar-refractivity contribution in [3.05, 3.63) is 30.0 Å². The molecule has 4 unspecified atom stereocenters. The number of H-pyrrole nitrogens is 1. The second-order valence-corrected chi connectivity index (χ2v) is 7.73. The van der Waals surface area contributed by atoms with Gasteiger partial charge in [0.1, 0.15) is 11.9 Å². The summed E-state index contributed by atoms with van der Waals surface area (Å²) in [4.78, 5) is 18.1. The van der Waals surface area contributed by atoms with Gasteiger partial charge in [0, 0.05) is 48.6 Å². The van der Waals surface area contributed by atoms with Crippen molar-refractivity contribution in [1.29, 1.82) is 0 Å². The van der Waals surface area contributed by atoms with E-state index in [4.69, 9.17) is 4.74 Å². The van der Waals surface area contributed by atoms with Gasteiger partial charge in [-0.2, -0.15) is 0 Å². The first-order valence-corrected chi connectivity index (χ1v) is 9.03. The molecule has 0 aliphatic carbocycles. The Hall–Kier alpha value is -2.05. The third kappa shape index (κ3) is 2.43. The van der Waals surface area contributed by atoms with Crippen molar-refractivity contribution in [2.75, 3.05) is 6.54 Å². The van der Waals surface area contributed by atoms with Crippen LogP contribution in [-0.2, 0) is 4.74 Å². The second kappa shape index (κ2) is 5.47. The Morgan fingerprint density at radius 3 is 2.68 bits per heavy atom. The van der Waals surface area contributed by atoms with E-state index in [1.54, 1.807) is 24.4 Å². The van der Waals surface area contributed by atoms with Crippen molar-refractivity contribution >= 4 is 16.9 Å². The van der Waals surface area contributed by atoms with E-state index in [0.717, 1.165) is 37.7 Å². The molecule has 5 heterocycles. The fraction of sp³-hybridized carbons (Fsp3) is 0.526. The monoisotopic (exact) mass is 342 g/mol. The van der Waals surface area contributed by atoms with Crippen molar-refractivity contribution in [3.63, 3.8) is 0 Å². The average molecular weight is 342 g/mol. The second-order valence-electron chi connectivity index (χ2n) is 7.73. The van der Waals surface area contributed by atoms with Gasteiger partial charge in [0.15, 0.2) is 0 Å². The van der Waals surface area contributed by atoms with Crippen LogP contribution in [0.1, 0.15) is 36.0 Å². The molecule has 1 aromatic heterocycles. The maximum Gasteiger partial charge on any atom is 0.340 e. The highest BCUT2D eigenvalue weighted by atomic mass is 16.5. The van der Waals surface area contributed by atoms with Crippen LogP contribution in [0.3, 0.4) is 0 Å². The van der Waals surface area contributed by atoms with E-state index < -0.39 is 0 Å². The number of aromatic hydroxyl groups is 1. The molecule has 3 N–H and O–H groups in total. The molecule has 4 fully saturated rings. The molecule has 4 saturated heterocycles. The van der Waals surface area contributed by atoms with E-state index in [9.17, 15) is 15.0 Å². The number of rotatable bonds is 2. The third-order valence-corrected chi connectivity index (χ3v) is 6.26. The molecule has 4 bridgehead atoms. The predicted octanol–water partition coefficient (Wildman–Crippen LogP) is 2.02. The number of esters is 1. The highest BCUT2D eigenvalue weighted by Gasteiger charge is 2.49. The number of fused-ring (bicyclic) bond motifs is 2. The van der Waals surface area contributed by atoms with Gasteiger partial charge in [0.2, 0.25) is 0 Å². The molecule has 2 aromatic rings. The van der Waals surface area contributed by atoms with E-state index in [1.165, 1.54) is 0 Å². The molecule has 0 amide bonds. The van der Waals surface area contributed by atoms with Crippen LogP contribution in [0.25, 0.3) is 10.9 Å². The molecular weight excluding hydrogens is 320 g/mol. The summed E-state index contributed by atoms with van der Waals surface area (Å²) in [5.74, 6) is 0.214. The Balaban J connectivity index is 1.33. The number of aromatic nitrogens is 1. The highest BCUT2D eigenvalue weighted by Crippen LogP contribution is 2.43. The molecular formula is C19H22N2O4. The number of piperidine rings is 4. The van der Waals surface area contributed by atoms with Gasteiger partial charge in [-0.15, -0.1) is 0 Å². The van der Waals surface area contributed by atoms with Crippen molar-refractivity contribution in [2.45, 2.75) is 50.0 Å². The van der Waals surface area contributed by atoms with Gasteiger partial charge < -0.3 is 19.9 Å². The summed E-state index contributed by atoms with van der Waals surface area (Å²) < 4.78 is 5.82. The molecule has 6 nitrogen and oxygen atoms in total. The molecule has 0 saturated carbocycles. The zero-order valence-corrected chi connectivity index (χ0v) is 13.9. The summed E-state index contributed by atoms with van der Waals surface area (Å²) in [5, 5.41) is 20.4. The molecule has 25 heavy (non-hydrogen) atoms. The molecule has 0 spiro atoms. The van der Waals surface area contributed by atoms with Crippen LogP contribution in [0, 0.1) is 5.92 Å². The Morgan fingerprint density at radius 2 is 1.96 bits per heavy atom. The number of carbonyl (C=O) groups is 1. The number of hydrogen-bond donors (Lipinski definition) is 3. The van der Waals surface area contributed by atoms with Crippen LogP contribution >= 0.6 is 0 Å². The summed E-state index contributed by atoms with van der Waals surface area (Å²) in [5.41, 5.74) is 1.28.